The topological polar surface area (TPSA) is 39.2 Å². The average molecular weight is 223 g/mol. The zero-order valence-corrected chi connectivity index (χ0v) is 9.20. The van der Waals surface area contributed by atoms with E-state index in [0.717, 1.165) is 25.5 Å². The lowest BCUT2D eigenvalue weighted by Gasteiger charge is -2.40. The third kappa shape index (κ3) is 2.11. The van der Waals surface area contributed by atoms with Gasteiger partial charge in [-0.05, 0) is 25.3 Å². The molecule has 0 N–H and O–H groups in total. The van der Waals surface area contributed by atoms with Crippen LogP contribution in [-0.4, -0.2) is 23.5 Å². The first-order valence-electron chi connectivity index (χ1n) is 5.34. The number of aromatic nitrogens is 1. The van der Waals surface area contributed by atoms with Gasteiger partial charge >= 0.3 is 0 Å². The molecule has 3 nitrogen and oxygen atoms in total. The molecule has 0 aliphatic heterocycles. The minimum absolute atomic E-state index is 0.103. The van der Waals surface area contributed by atoms with Crippen LogP contribution in [0.4, 0.5) is 4.39 Å². The normalized spacial score (nSPS) is 17.9. The maximum Gasteiger partial charge on any atom is 0.167 e. The Labute approximate surface area is 93.6 Å². The Kier molecular flexibility index (Phi) is 3.01. The van der Waals surface area contributed by atoms with Crippen LogP contribution in [0.25, 0.3) is 0 Å². The maximum atomic E-state index is 12.9. The number of carbonyl (C=O) groups excluding carboxylic acids is 1. The predicted octanol–water partition coefficient (Wildman–Crippen LogP) is 2.36. The highest BCUT2D eigenvalue weighted by molar-refractivity contribution is 5.96. The van der Waals surface area contributed by atoms with E-state index in [0.29, 0.717) is 12.0 Å². The molecule has 86 valence electrons. The van der Waals surface area contributed by atoms with Crippen LogP contribution in [0.3, 0.4) is 0 Å². The first kappa shape index (κ1) is 11.2. The van der Waals surface area contributed by atoms with Crippen molar-refractivity contribution in [3.63, 3.8) is 0 Å². The molecule has 1 aromatic rings. The smallest absolute Gasteiger partial charge is 0.167 e. The first-order chi connectivity index (χ1) is 7.65. The van der Waals surface area contributed by atoms with Crippen LogP contribution in [0, 0.1) is 5.82 Å². The molecule has 1 aliphatic rings. The second-order valence-corrected chi connectivity index (χ2v) is 4.23. The molecule has 0 amide bonds. The Morgan fingerprint density at radius 1 is 1.56 bits per heavy atom. The summed E-state index contributed by atoms with van der Waals surface area (Å²) < 4.78 is 18.3. The summed E-state index contributed by atoms with van der Waals surface area (Å²) >= 11 is 0. The molecule has 1 aromatic heterocycles. The van der Waals surface area contributed by atoms with E-state index in [9.17, 15) is 9.18 Å². The Bertz CT molecular complexity index is 396. The van der Waals surface area contributed by atoms with Crippen molar-refractivity contribution in [2.24, 2.45) is 0 Å². The number of Topliss-reactive ketones (excluding diaryl/α,β-unsaturated/α-hetero) is 1. The molecule has 1 saturated carbocycles. The maximum absolute atomic E-state index is 12.9. The van der Waals surface area contributed by atoms with Gasteiger partial charge in [0.25, 0.3) is 0 Å². The Morgan fingerprint density at radius 3 is 2.81 bits per heavy atom. The number of nitrogens with zero attached hydrogens (tertiary/aromatic N) is 1. The van der Waals surface area contributed by atoms with Crippen molar-refractivity contribution >= 4 is 5.78 Å². The van der Waals surface area contributed by atoms with E-state index in [1.54, 1.807) is 7.11 Å². The highest BCUT2D eigenvalue weighted by Gasteiger charge is 2.39. The van der Waals surface area contributed by atoms with Gasteiger partial charge in [0, 0.05) is 25.3 Å². The van der Waals surface area contributed by atoms with Gasteiger partial charge in [0.05, 0.1) is 11.8 Å². The van der Waals surface area contributed by atoms with E-state index in [4.69, 9.17) is 4.74 Å². The molecule has 0 aromatic carbocycles. The number of ketones is 1. The molecule has 4 heteroatoms. The van der Waals surface area contributed by atoms with Gasteiger partial charge in [-0.3, -0.25) is 9.78 Å². The van der Waals surface area contributed by atoms with Gasteiger partial charge in [-0.1, -0.05) is 0 Å². The van der Waals surface area contributed by atoms with Crippen molar-refractivity contribution in [1.82, 2.24) is 4.98 Å². The number of rotatable bonds is 4. The van der Waals surface area contributed by atoms with Crippen LogP contribution in [0.15, 0.2) is 18.5 Å². The van der Waals surface area contributed by atoms with E-state index in [-0.39, 0.29) is 11.4 Å². The van der Waals surface area contributed by atoms with Crippen molar-refractivity contribution in [2.75, 3.05) is 7.11 Å². The van der Waals surface area contributed by atoms with Crippen molar-refractivity contribution in [1.29, 1.82) is 0 Å². The second-order valence-electron chi connectivity index (χ2n) is 4.23. The minimum Gasteiger partial charge on any atom is -0.378 e. The molecule has 0 bridgehead atoms. The molecule has 2 rings (SSSR count). The van der Waals surface area contributed by atoms with E-state index >= 15 is 0 Å². The van der Waals surface area contributed by atoms with Gasteiger partial charge in [0.15, 0.2) is 5.78 Å². The summed E-state index contributed by atoms with van der Waals surface area (Å²) in [5.41, 5.74) is 0.00645. The molecule has 0 spiro atoms. The van der Waals surface area contributed by atoms with Crippen molar-refractivity contribution in [3.8, 4) is 0 Å². The van der Waals surface area contributed by atoms with E-state index in [1.165, 1.54) is 12.3 Å². The molecule has 0 radical (unpaired) electrons. The Balaban J connectivity index is 2.08. The van der Waals surface area contributed by atoms with Gasteiger partial charge in [0.2, 0.25) is 0 Å². The summed E-state index contributed by atoms with van der Waals surface area (Å²) in [6, 6.07) is 1.22. The molecule has 0 atom stereocenters. The zero-order valence-electron chi connectivity index (χ0n) is 9.20. The van der Waals surface area contributed by atoms with Crippen LogP contribution >= 0.6 is 0 Å². The van der Waals surface area contributed by atoms with Crippen LogP contribution in [0.5, 0.6) is 0 Å². The number of ether oxygens (including phenoxy) is 1. The van der Waals surface area contributed by atoms with E-state index in [2.05, 4.69) is 4.98 Å². The predicted molar refractivity (Wildman–Crippen MR) is 56.7 cm³/mol. The van der Waals surface area contributed by atoms with Gasteiger partial charge in [0.1, 0.15) is 5.82 Å². The van der Waals surface area contributed by atoms with Gasteiger partial charge in [-0.2, -0.15) is 0 Å². The quantitative estimate of drug-likeness (QED) is 0.735. The van der Waals surface area contributed by atoms with Gasteiger partial charge in [-0.15, -0.1) is 0 Å². The molecular weight excluding hydrogens is 209 g/mol. The number of hydrogen-bond acceptors (Lipinski definition) is 3. The number of pyridine rings is 1. The molecule has 1 fully saturated rings. The number of halogens is 1. The monoisotopic (exact) mass is 223 g/mol. The average Bonchev–Trinajstić information content (AvgIpc) is 2.23. The Hall–Kier alpha value is -1.29. The third-order valence-electron chi connectivity index (χ3n) is 3.21. The van der Waals surface area contributed by atoms with Gasteiger partial charge in [-0.25, -0.2) is 4.39 Å². The molecule has 0 unspecified atom stereocenters. The molecule has 1 aliphatic carbocycles. The fraction of sp³-hybridized carbons (Fsp3) is 0.500. The van der Waals surface area contributed by atoms with Crippen LogP contribution in [-0.2, 0) is 4.74 Å². The highest BCUT2D eigenvalue weighted by atomic mass is 19.1. The Morgan fingerprint density at radius 2 is 2.31 bits per heavy atom. The number of methoxy groups -OCH3 is 1. The zero-order chi connectivity index (χ0) is 11.6. The van der Waals surface area contributed by atoms with Crippen molar-refractivity contribution in [2.45, 2.75) is 31.3 Å². The standard InChI is InChI=1S/C12H14FNO2/c1-16-12(3-2-4-12)6-11(15)9-5-10(13)8-14-7-9/h5,7-8H,2-4,6H2,1H3. The number of hydrogen-bond donors (Lipinski definition) is 0. The summed E-state index contributed by atoms with van der Waals surface area (Å²) in [5, 5.41) is 0. The molecule has 0 saturated heterocycles. The van der Waals surface area contributed by atoms with E-state index < -0.39 is 5.82 Å². The molecule has 16 heavy (non-hydrogen) atoms. The fourth-order valence-electron chi connectivity index (χ4n) is 1.98. The summed E-state index contributed by atoms with van der Waals surface area (Å²) in [6.45, 7) is 0. The number of carbonyl (C=O) groups is 1. The minimum atomic E-state index is -0.481. The van der Waals surface area contributed by atoms with Crippen molar-refractivity contribution < 1.29 is 13.9 Å². The molecule has 1 heterocycles. The SMILES string of the molecule is COC1(CC(=O)c2cncc(F)c2)CCC1. The van der Waals surface area contributed by atoms with Crippen LogP contribution < -0.4 is 0 Å². The lowest BCUT2D eigenvalue weighted by atomic mass is 9.76. The van der Waals surface area contributed by atoms with Crippen LogP contribution in [0.2, 0.25) is 0 Å². The largest absolute Gasteiger partial charge is 0.378 e. The summed E-state index contributed by atoms with van der Waals surface area (Å²) in [7, 11) is 1.62. The highest BCUT2D eigenvalue weighted by Crippen LogP contribution is 2.38. The first-order valence-corrected chi connectivity index (χ1v) is 5.34. The van der Waals surface area contributed by atoms with Gasteiger partial charge < -0.3 is 4.74 Å². The van der Waals surface area contributed by atoms with Crippen LogP contribution in [0.1, 0.15) is 36.0 Å². The summed E-state index contributed by atoms with van der Waals surface area (Å²) in [6.07, 6.45) is 5.69. The molecular formula is C12H14FNO2. The summed E-state index contributed by atoms with van der Waals surface area (Å²) in [5.74, 6) is -0.584. The van der Waals surface area contributed by atoms with Crippen molar-refractivity contribution in [3.05, 3.63) is 29.8 Å². The lowest BCUT2D eigenvalue weighted by Crippen LogP contribution is -2.41. The lowest BCUT2D eigenvalue weighted by molar-refractivity contribution is -0.0704. The fourth-order valence-corrected chi connectivity index (χ4v) is 1.98. The third-order valence-corrected chi connectivity index (χ3v) is 3.21. The summed E-state index contributed by atoms with van der Waals surface area (Å²) in [4.78, 5) is 15.5. The second kappa shape index (κ2) is 4.29. The van der Waals surface area contributed by atoms with E-state index in [1.807, 2.05) is 0 Å².